The molecule has 0 fully saturated rings. The van der Waals surface area contributed by atoms with E-state index in [9.17, 15) is 18.3 Å². The number of hydrogen-bond acceptors (Lipinski definition) is 5. The molecule has 0 bridgehead atoms. The van der Waals surface area contributed by atoms with Crippen LogP contribution in [0.4, 0.5) is 0 Å². The lowest BCUT2D eigenvalue weighted by Crippen LogP contribution is -2.53. The number of nitrogens with one attached hydrogen (secondary N) is 1. The molecule has 0 aliphatic carbocycles. The van der Waals surface area contributed by atoms with Gasteiger partial charge in [-0.05, 0) is 55.7 Å². The summed E-state index contributed by atoms with van der Waals surface area (Å²) in [5.74, 6) is -0.598. The van der Waals surface area contributed by atoms with Crippen molar-refractivity contribution < 1.29 is 28.2 Å². The molecule has 7 nitrogen and oxygen atoms in total. The smallest absolute Gasteiger partial charge is 0.307 e. The summed E-state index contributed by atoms with van der Waals surface area (Å²) in [7, 11) is -3.93. The molecule has 0 aromatic heterocycles. The maximum absolute atomic E-state index is 13.0. The highest BCUT2D eigenvalue weighted by Crippen LogP contribution is 2.41. The first-order chi connectivity index (χ1) is 13.5. The number of benzene rings is 2. The summed E-state index contributed by atoms with van der Waals surface area (Å²) in [6.07, 6.45) is -0.606. The van der Waals surface area contributed by atoms with Crippen molar-refractivity contribution in [2.75, 3.05) is 0 Å². The average molecular weight is 419 g/mol. The van der Waals surface area contributed by atoms with Crippen LogP contribution in [-0.2, 0) is 27.7 Å². The monoisotopic (exact) mass is 419 g/mol. The number of aliphatic hydroxyl groups is 1. The van der Waals surface area contributed by atoms with Gasteiger partial charge in [-0.3, -0.25) is 4.79 Å². The standard InChI is InChI=1S/C21H25NO6S/c1-4-13-5-8-15(9-6-13)29(26,27)22-19-16-11-14(12-18(23)24)7-10-17(16)28-21(2,3)20(19)25/h5-11,19-20,22,25H,4,12H2,1-3H3,(H,23,24)/t19-,20+/m1/s1. The van der Waals surface area contributed by atoms with Gasteiger partial charge in [0.25, 0.3) is 0 Å². The van der Waals surface area contributed by atoms with Crippen LogP contribution in [0.15, 0.2) is 47.4 Å². The third-order valence-corrected chi connectivity index (χ3v) is 6.55. The average Bonchev–Trinajstić information content (AvgIpc) is 2.65. The highest BCUT2D eigenvalue weighted by molar-refractivity contribution is 7.89. The third kappa shape index (κ3) is 4.44. The molecule has 1 heterocycles. The van der Waals surface area contributed by atoms with E-state index < -0.39 is 33.7 Å². The first-order valence-corrected chi connectivity index (χ1v) is 10.8. The molecular formula is C21H25NO6S. The third-order valence-electron chi connectivity index (χ3n) is 5.09. The number of carbonyl (C=O) groups is 1. The van der Waals surface area contributed by atoms with Gasteiger partial charge in [0.2, 0.25) is 10.0 Å². The Labute approximate surface area is 170 Å². The van der Waals surface area contributed by atoms with Crippen LogP contribution < -0.4 is 9.46 Å². The molecule has 0 radical (unpaired) electrons. The number of aryl methyl sites for hydroxylation is 1. The van der Waals surface area contributed by atoms with Gasteiger partial charge in [0, 0.05) is 5.56 Å². The molecule has 8 heteroatoms. The van der Waals surface area contributed by atoms with Gasteiger partial charge in [-0.1, -0.05) is 25.1 Å². The minimum absolute atomic E-state index is 0.0921. The van der Waals surface area contributed by atoms with Gasteiger partial charge in [-0.15, -0.1) is 0 Å². The molecule has 2 atom stereocenters. The van der Waals surface area contributed by atoms with Crippen LogP contribution in [0.2, 0.25) is 0 Å². The van der Waals surface area contributed by atoms with Crippen molar-refractivity contribution in [3.05, 3.63) is 59.2 Å². The molecule has 156 valence electrons. The van der Waals surface area contributed by atoms with Gasteiger partial charge in [0.15, 0.2) is 0 Å². The number of aliphatic hydroxyl groups excluding tert-OH is 1. The van der Waals surface area contributed by atoms with Crippen LogP contribution in [0, 0.1) is 0 Å². The maximum atomic E-state index is 13.0. The van der Waals surface area contributed by atoms with Crippen LogP contribution in [0.3, 0.4) is 0 Å². The number of aliphatic carboxylic acids is 1. The van der Waals surface area contributed by atoms with Gasteiger partial charge in [-0.25, -0.2) is 13.1 Å². The van der Waals surface area contributed by atoms with Crippen LogP contribution in [0.1, 0.15) is 43.5 Å². The summed E-state index contributed by atoms with van der Waals surface area (Å²) >= 11 is 0. The molecule has 0 spiro atoms. The number of hydrogen-bond donors (Lipinski definition) is 3. The summed E-state index contributed by atoms with van der Waals surface area (Å²) in [5.41, 5.74) is 0.869. The van der Waals surface area contributed by atoms with Crippen molar-refractivity contribution in [3.8, 4) is 5.75 Å². The summed E-state index contributed by atoms with van der Waals surface area (Å²) in [6.45, 7) is 5.32. The largest absolute Gasteiger partial charge is 0.485 e. The fraction of sp³-hybridized carbons (Fsp3) is 0.381. The van der Waals surface area contributed by atoms with Gasteiger partial charge < -0.3 is 14.9 Å². The summed E-state index contributed by atoms with van der Waals surface area (Å²) < 4.78 is 34.4. The molecule has 2 aromatic carbocycles. The van der Waals surface area contributed by atoms with E-state index >= 15 is 0 Å². The van der Waals surface area contributed by atoms with E-state index in [-0.39, 0.29) is 11.3 Å². The van der Waals surface area contributed by atoms with Crippen LogP contribution in [-0.4, -0.2) is 36.3 Å². The predicted octanol–water partition coefficient (Wildman–Crippen LogP) is 2.43. The molecule has 29 heavy (non-hydrogen) atoms. The minimum Gasteiger partial charge on any atom is -0.485 e. The summed E-state index contributed by atoms with van der Waals surface area (Å²) in [6, 6.07) is 10.4. The van der Waals surface area contributed by atoms with Crippen molar-refractivity contribution in [1.82, 2.24) is 4.72 Å². The topological polar surface area (TPSA) is 113 Å². The zero-order valence-electron chi connectivity index (χ0n) is 16.5. The number of ether oxygens (including phenoxy) is 1. The number of carboxylic acid groups (broad SMARTS) is 1. The molecule has 3 N–H and O–H groups in total. The molecule has 2 aromatic rings. The van der Waals surface area contributed by atoms with Crippen LogP contribution >= 0.6 is 0 Å². The normalized spacial score (nSPS) is 20.6. The van der Waals surface area contributed by atoms with Crippen molar-refractivity contribution in [2.45, 2.75) is 56.3 Å². The fourth-order valence-corrected chi connectivity index (χ4v) is 4.62. The zero-order valence-corrected chi connectivity index (χ0v) is 17.4. The SMILES string of the molecule is CCc1ccc(S(=O)(=O)N[C@@H]2c3cc(CC(=O)O)ccc3OC(C)(C)[C@H]2O)cc1. The zero-order chi connectivity index (χ0) is 21.4. The Morgan fingerprint density at radius 3 is 2.34 bits per heavy atom. The highest BCUT2D eigenvalue weighted by Gasteiger charge is 2.44. The number of rotatable bonds is 6. The fourth-order valence-electron chi connectivity index (χ4n) is 3.40. The summed E-state index contributed by atoms with van der Waals surface area (Å²) in [5, 5.41) is 19.9. The Morgan fingerprint density at radius 1 is 1.14 bits per heavy atom. The first kappa shape index (κ1) is 21.3. The molecule has 0 saturated carbocycles. The summed E-state index contributed by atoms with van der Waals surface area (Å²) in [4.78, 5) is 11.2. The number of fused-ring (bicyclic) bond motifs is 1. The molecule has 0 amide bonds. The van der Waals surface area contributed by atoms with E-state index in [0.29, 0.717) is 16.9 Å². The van der Waals surface area contributed by atoms with Crippen LogP contribution in [0.25, 0.3) is 0 Å². The molecule has 1 aliphatic rings. The van der Waals surface area contributed by atoms with Crippen molar-refractivity contribution in [1.29, 1.82) is 0 Å². The second kappa shape index (κ2) is 7.78. The lowest BCUT2D eigenvalue weighted by atomic mass is 9.86. The maximum Gasteiger partial charge on any atom is 0.307 e. The lowest BCUT2D eigenvalue weighted by molar-refractivity contribution is -0.136. The first-order valence-electron chi connectivity index (χ1n) is 9.36. The Balaban J connectivity index is 2.01. The Kier molecular flexibility index (Phi) is 5.71. The number of carboxylic acids is 1. The number of sulfonamides is 1. The van der Waals surface area contributed by atoms with Crippen LogP contribution in [0.5, 0.6) is 5.75 Å². The Hall–Kier alpha value is -2.42. The molecule has 0 unspecified atom stereocenters. The Bertz CT molecular complexity index is 1010. The van der Waals surface area contributed by atoms with Crippen molar-refractivity contribution in [3.63, 3.8) is 0 Å². The van der Waals surface area contributed by atoms with Gasteiger partial charge in [-0.2, -0.15) is 0 Å². The van der Waals surface area contributed by atoms with E-state index in [0.717, 1.165) is 12.0 Å². The molecule has 0 saturated heterocycles. The predicted molar refractivity (Wildman–Crippen MR) is 107 cm³/mol. The highest BCUT2D eigenvalue weighted by atomic mass is 32.2. The van der Waals surface area contributed by atoms with Gasteiger partial charge in [0.05, 0.1) is 17.4 Å². The van der Waals surface area contributed by atoms with E-state index in [4.69, 9.17) is 9.84 Å². The van der Waals surface area contributed by atoms with E-state index in [1.165, 1.54) is 12.1 Å². The Morgan fingerprint density at radius 2 is 1.76 bits per heavy atom. The molecule has 3 rings (SSSR count). The van der Waals surface area contributed by atoms with Crippen molar-refractivity contribution in [2.24, 2.45) is 0 Å². The van der Waals surface area contributed by atoms with E-state index in [1.54, 1.807) is 44.2 Å². The second-order valence-corrected chi connectivity index (χ2v) is 9.40. The molecular weight excluding hydrogens is 394 g/mol. The van der Waals surface area contributed by atoms with Crippen molar-refractivity contribution >= 4 is 16.0 Å². The second-order valence-electron chi connectivity index (χ2n) is 7.69. The van der Waals surface area contributed by atoms with E-state index in [2.05, 4.69) is 4.72 Å². The lowest BCUT2D eigenvalue weighted by Gasteiger charge is -2.42. The van der Waals surface area contributed by atoms with E-state index in [1.807, 2.05) is 6.92 Å². The molecule has 1 aliphatic heterocycles. The minimum atomic E-state index is -3.93. The quantitative estimate of drug-likeness (QED) is 0.663. The van der Waals surface area contributed by atoms with Gasteiger partial charge >= 0.3 is 5.97 Å². The van der Waals surface area contributed by atoms with Gasteiger partial charge in [0.1, 0.15) is 17.5 Å².